The molecule has 1 aliphatic heterocycles. The molecule has 0 N–H and O–H groups in total. The van der Waals surface area contributed by atoms with Gasteiger partial charge in [0.15, 0.2) is 11.5 Å². The summed E-state index contributed by atoms with van der Waals surface area (Å²) >= 11 is 0. The van der Waals surface area contributed by atoms with E-state index < -0.39 is 0 Å². The van der Waals surface area contributed by atoms with E-state index in [4.69, 9.17) is 14.2 Å². The maximum Gasteiger partial charge on any atom is 0.231 e. The number of benzene rings is 2. The predicted octanol–water partition coefficient (Wildman–Crippen LogP) is 6.75. The molecule has 4 nitrogen and oxygen atoms in total. The van der Waals surface area contributed by atoms with Crippen molar-refractivity contribution < 1.29 is 19.0 Å². The SMILES string of the molecule is CC.CC.O=C(CC1=CC=C(Oc2ccccc2)C1)C1(c2ccc3c(c2)OCO3)CC1. The van der Waals surface area contributed by atoms with Gasteiger partial charge in [-0.05, 0) is 48.7 Å². The standard InChI is InChI=1S/C23H20O4.2C2H6/c24-22(13-16-6-8-19(12-16)27-18-4-2-1-3-5-18)23(10-11-23)17-7-9-20-21(14-17)26-15-25-20;2*1-2/h1-9,14H,10-13,15H2;2*1-2H3. The van der Waals surface area contributed by atoms with Crippen molar-refractivity contribution in [2.24, 2.45) is 0 Å². The normalized spacial score (nSPS) is 16.6. The molecule has 0 unspecified atom stereocenters. The molecule has 3 aliphatic rings. The molecule has 1 saturated carbocycles. The van der Waals surface area contributed by atoms with Gasteiger partial charge in [0, 0.05) is 12.8 Å². The van der Waals surface area contributed by atoms with E-state index in [0.717, 1.165) is 47.0 Å². The molecule has 164 valence electrons. The molecule has 0 amide bonds. The number of carbonyl (C=O) groups is 1. The van der Waals surface area contributed by atoms with Gasteiger partial charge in [0.05, 0.1) is 5.41 Å². The number of ketones is 1. The molecular formula is C27H32O4. The number of para-hydroxylation sites is 1. The summed E-state index contributed by atoms with van der Waals surface area (Å²) in [6.45, 7) is 8.25. The number of carbonyl (C=O) groups excluding carboxylic acids is 1. The number of hydrogen-bond acceptors (Lipinski definition) is 4. The molecule has 0 atom stereocenters. The number of ether oxygens (including phenoxy) is 3. The smallest absolute Gasteiger partial charge is 0.231 e. The number of rotatable bonds is 6. The van der Waals surface area contributed by atoms with Crippen molar-refractivity contribution in [2.75, 3.05) is 6.79 Å². The van der Waals surface area contributed by atoms with Gasteiger partial charge in [0.1, 0.15) is 17.3 Å². The lowest BCUT2D eigenvalue weighted by Gasteiger charge is -2.16. The van der Waals surface area contributed by atoms with Gasteiger partial charge < -0.3 is 14.2 Å². The fraction of sp³-hybridized carbons (Fsp3) is 0.370. The first-order chi connectivity index (χ1) is 15.2. The fourth-order valence-corrected chi connectivity index (χ4v) is 3.81. The van der Waals surface area contributed by atoms with Crippen LogP contribution in [0.4, 0.5) is 0 Å². The summed E-state index contributed by atoms with van der Waals surface area (Å²) < 4.78 is 16.7. The second-order valence-electron chi connectivity index (χ2n) is 7.30. The van der Waals surface area contributed by atoms with Gasteiger partial charge in [-0.15, -0.1) is 0 Å². The van der Waals surface area contributed by atoms with Gasteiger partial charge in [-0.1, -0.05) is 63.6 Å². The van der Waals surface area contributed by atoms with Gasteiger partial charge in [0.2, 0.25) is 6.79 Å². The summed E-state index contributed by atoms with van der Waals surface area (Å²) in [4.78, 5) is 13.1. The predicted molar refractivity (Wildman–Crippen MR) is 124 cm³/mol. The third-order valence-corrected chi connectivity index (χ3v) is 5.49. The van der Waals surface area contributed by atoms with Crippen LogP contribution in [0.5, 0.6) is 17.2 Å². The topological polar surface area (TPSA) is 44.8 Å². The van der Waals surface area contributed by atoms with Crippen LogP contribution in [0.1, 0.15) is 58.9 Å². The highest BCUT2D eigenvalue weighted by molar-refractivity contribution is 5.95. The minimum absolute atomic E-state index is 0.252. The summed E-state index contributed by atoms with van der Waals surface area (Å²) in [5, 5.41) is 0. The van der Waals surface area contributed by atoms with Crippen LogP contribution >= 0.6 is 0 Å². The Morgan fingerprint density at radius 2 is 1.65 bits per heavy atom. The molecule has 0 spiro atoms. The maximum atomic E-state index is 13.1. The molecule has 4 heteroatoms. The lowest BCUT2D eigenvalue weighted by Crippen LogP contribution is -2.20. The average Bonchev–Trinajstić information content (AvgIpc) is 3.31. The Morgan fingerprint density at radius 3 is 2.35 bits per heavy atom. The third kappa shape index (κ3) is 5.01. The van der Waals surface area contributed by atoms with Crippen LogP contribution in [0.3, 0.4) is 0 Å². The minimum Gasteiger partial charge on any atom is -0.461 e. The number of hydrogen-bond donors (Lipinski definition) is 0. The van der Waals surface area contributed by atoms with E-state index in [1.807, 2.05) is 88.4 Å². The lowest BCUT2D eigenvalue weighted by molar-refractivity contribution is -0.120. The Morgan fingerprint density at radius 1 is 0.935 bits per heavy atom. The first kappa shape index (κ1) is 22.7. The molecule has 1 heterocycles. The van der Waals surface area contributed by atoms with Crippen LogP contribution in [0.25, 0.3) is 0 Å². The van der Waals surface area contributed by atoms with Crippen molar-refractivity contribution in [3.8, 4) is 17.2 Å². The second kappa shape index (κ2) is 10.3. The molecular weight excluding hydrogens is 388 g/mol. The van der Waals surface area contributed by atoms with E-state index in [1.54, 1.807) is 0 Å². The zero-order valence-corrected chi connectivity index (χ0v) is 18.9. The van der Waals surface area contributed by atoms with Crippen molar-refractivity contribution >= 4 is 5.78 Å². The van der Waals surface area contributed by atoms with Gasteiger partial charge in [0.25, 0.3) is 0 Å². The third-order valence-electron chi connectivity index (χ3n) is 5.49. The lowest BCUT2D eigenvalue weighted by atomic mass is 9.87. The highest BCUT2D eigenvalue weighted by Crippen LogP contribution is 2.52. The Hall–Kier alpha value is -3.01. The van der Waals surface area contributed by atoms with Crippen LogP contribution in [0.15, 0.2) is 72.0 Å². The van der Waals surface area contributed by atoms with Crippen molar-refractivity contribution in [1.82, 2.24) is 0 Å². The first-order valence-corrected chi connectivity index (χ1v) is 11.3. The van der Waals surface area contributed by atoms with Gasteiger partial charge in [-0.2, -0.15) is 0 Å². The Labute approximate surface area is 185 Å². The quantitative estimate of drug-likeness (QED) is 0.518. The van der Waals surface area contributed by atoms with E-state index in [2.05, 4.69) is 0 Å². The van der Waals surface area contributed by atoms with E-state index in [9.17, 15) is 4.79 Å². The van der Waals surface area contributed by atoms with E-state index in [0.29, 0.717) is 12.8 Å². The van der Waals surface area contributed by atoms with Crippen LogP contribution in [0.2, 0.25) is 0 Å². The van der Waals surface area contributed by atoms with Crippen LogP contribution in [-0.2, 0) is 10.2 Å². The van der Waals surface area contributed by atoms with Gasteiger partial charge >= 0.3 is 0 Å². The van der Waals surface area contributed by atoms with Gasteiger partial charge in [-0.3, -0.25) is 4.79 Å². The van der Waals surface area contributed by atoms with Crippen molar-refractivity contribution in [3.05, 3.63) is 77.6 Å². The zero-order chi connectivity index (χ0) is 22.3. The molecule has 2 aromatic carbocycles. The van der Waals surface area contributed by atoms with Crippen molar-refractivity contribution in [2.45, 2.75) is 58.8 Å². The summed E-state index contributed by atoms with van der Waals surface area (Å²) in [5.74, 6) is 3.49. The van der Waals surface area contributed by atoms with E-state index in [-0.39, 0.29) is 18.0 Å². The maximum absolute atomic E-state index is 13.1. The molecule has 0 aromatic heterocycles. The highest BCUT2D eigenvalue weighted by Gasteiger charge is 2.51. The Bertz CT molecular complexity index is 952. The second-order valence-corrected chi connectivity index (χ2v) is 7.30. The molecule has 1 fully saturated rings. The van der Waals surface area contributed by atoms with Crippen LogP contribution in [-0.4, -0.2) is 12.6 Å². The van der Waals surface area contributed by atoms with Crippen molar-refractivity contribution in [1.29, 1.82) is 0 Å². The minimum atomic E-state index is -0.356. The Kier molecular flexibility index (Phi) is 7.56. The number of Topliss-reactive ketones (excluding diaryl/α,β-unsaturated/α-hetero) is 1. The molecule has 0 radical (unpaired) electrons. The van der Waals surface area contributed by atoms with Gasteiger partial charge in [-0.25, -0.2) is 0 Å². The molecule has 2 aliphatic carbocycles. The molecule has 0 bridgehead atoms. The van der Waals surface area contributed by atoms with Crippen LogP contribution < -0.4 is 14.2 Å². The number of fused-ring (bicyclic) bond motifs is 1. The summed E-state index contributed by atoms with van der Waals surface area (Å²) in [6.07, 6.45) is 6.95. The summed E-state index contributed by atoms with van der Waals surface area (Å²) in [6, 6.07) is 15.6. The first-order valence-electron chi connectivity index (χ1n) is 11.3. The Balaban J connectivity index is 0.000000645. The van der Waals surface area contributed by atoms with Crippen molar-refractivity contribution in [3.63, 3.8) is 0 Å². The highest BCUT2D eigenvalue weighted by atomic mass is 16.7. The largest absolute Gasteiger partial charge is 0.461 e. The zero-order valence-electron chi connectivity index (χ0n) is 18.9. The van der Waals surface area contributed by atoms with Crippen LogP contribution in [0, 0.1) is 0 Å². The summed E-state index contributed by atoms with van der Waals surface area (Å²) in [7, 11) is 0. The van der Waals surface area contributed by atoms with E-state index in [1.165, 1.54) is 0 Å². The summed E-state index contributed by atoms with van der Waals surface area (Å²) in [5.41, 5.74) is 1.80. The fourth-order valence-electron chi connectivity index (χ4n) is 3.81. The molecule has 31 heavy (non-hydrogen) atoms. The average molecular weight is 421 g/mol. The molecule has 5 rings (SSSR count). The molecule has 2 aromatic rings. The number of allylic oxidation sites excluding steroid dienone is 3. The molecule has 0 saturated heterocycles. The monoisotopic (exact) mass is 420 g/mol. The van der Waals surface area contributed by atoms with E-state index >= 15 is 0 Å².